The standard InChI is InChI=1S/C21H22N2O3/c1-4-6-16-9-10-19(20(12-16)25-3)26-15-21(24)23(2)14-18-8-5-7-17(11-18)13-22/h4-12H,14-15H2,1-3H3. The second kappa shape index (κ2) is 9.28. The average Bonchev–Trinajstić information content (AvgIpc) is 2.66. The summed E-state index contributed by atoms with van der Waals surface area (Å²) in [5.74, 6) is 0.943. The first kappa shape index (κ1) is 19.1. The fourth-order valence-corrected chi connectivity index (χ4v) is 2.45. The number of ether oxygens (including phenoxy) is 2. The summed E-state index contributed by atoms with van der Waals surface area (Å²) in [6.07, 6.45) is 3.90. The molecule has 0 aliphatic carbocycles. The Labute approximate surface area is 154 Å². The SMILES string of the molecule is CC=Cc1ccc(OCC(=O)N(C)Cc2cccc(C#N)c2)c(OC)c1. The molecule has 134 valence electrons. The maximum atomic E-state index is 12.3. The summed E-state index contributed by atoms with van der Waals surface area (Å²) in [6.45, 7) is 2.26. The Morgan fingerprint density at radius 1 is 1.23 bits per heavy atom. The number of carbonyl (C=O) groups is 1. The van der Waals surface area contributed by atoms with E-state index in [1.807, 2.05) is 37.3 Å². The molecule has 0 aliphatic heterocycles. The number of benzene rings is 2. The number of carbonyl (C=O) groups excluding carboxylic acids is 1. The van der Waals surface area contributed by atoms with Gasteiger partial charge in [0.2, 0.25) is 0 Å². The number of amides is 1. The molecular formula is C21H22N2O3. The third-order valence-electron chi connectivity index (χ3n) is 3.80. The van der Waals surface area contributed by atoms with Gasteiger partial charge in [-0.3, -0.25) is 4.79 Å². The molecule has 2 rings (SSSR count). The smallest absolute Gasteiger partial charge is 0.260 e. The summed E-state index contributed by atoms with van der Waals surface area (Å²) in [4.78, 5) is 13.9. The molecular weight excluding hydrogens is 328 g/mol. The first-order valence-corrected chi connectivity index (χ1v) is 8.24. The Morgan fingerprint density at radius 3 is 2.73 bits per heavy atom. The second-order valence-corrected chi connectivity index (χ2v) is 5.76. The first-order valence-electron chi connectivity index (χ1n) is 8.24. The van der Waals surface area contributed by atoms with Gasteiger partial charge in [0.15, 0.2) is 18.1 Å². The number of likely N-dealkylation sites (N-methyl/N-ethyl adjacent to an activating group) is 1. The van der Waals surface area contributed by atoms with Gasteiger partial charge < -0.3 is 14.4 Å². The average molecular weight is 350 g/mol. The lowest BCUT2D eigenvalue weighted by Gasteiger charge is -2.18. The molecule has 0 heterocycles. The van der Waals surface area contributed by atoms with Crippen molar-refractivity contribution in [3.8, 4) is 17.6 Å². The van der Waals surface area contributed by atoms with Crippen LogP contribution in [0.2, 0.25) is 0 Å². The first-order chi connectivity index (χ1) is 12.6. The van der Waals surface area contributed by atoms with Crippen molar-refractivity contribution in [1.82, 2.24) is 4.90 Å². The fourth-order valence-electron chi connectivity index (χ4n) is 2.45. The van der Waals surface area contributed by atoms with Gasteiger partial charge in [0.05, 0.1) is 18.7 Å². The van der Waals surface area contributed by atoms with Crippen LogP contribution in [0, 0.1) is 11.3 Å². The molecule has 0 N–H and O–H groups in total. The van der Waals surface area contributed by atoms with E-state index in [4.69, 9.17) is 14.7 Å². The molecule has 2 aromatic carbocycles. The normalized spacial score (nSPS) is 10.4. The van der Waals surface area contributed by atoms with E-state index >= 15 is 0 Å². The maximum absolute atomic E-state index is 12.3. The molecule has 0 aromatic heterocycles. The summed E-state index contributed by atoms with van der Waals surface area (Å²) >= 11 is 0. The van der Waals surface area contributed by atoms with E-state index in [0.29, 0.717) is 23.6 Å². The monoisotopic (exact) mass is 350 g/mol. The minimum absolute atomic E-state index is 0.0895. The van der Waals surface area contributed by atoms with E-state index in [2.05, 4.69) is 6.07 Å². The van der Waals surface area contributed by atoms with Gasteiger partial charge in [0, 0.05) is 13.6 Å². The van der Waals surface area contributed by atoms with Crippen molar-refractivity contribution in [3.05, 3.63) is 65.2 Å². The second-order valence-electron chi connectivity index (χ2n) is 5.76. The maximum Gasteiger partial charge on any atom is 0.260 e. The lowest BCUT2D eigenvalue weighted by molar-refractivity contribution is -0.132. The van der Waals surface area contributed by atoms with Crippen LogP contribution in [0.15, 0.2) is 48.5 Å². The number of hydrogen-bond acceptors (Lipinski definition) is 4. The molecule has 0 saturated carbocycles. The number of allylic oxidation sites excluding steroid dienone is 1. The summed E-state index contributed by atoms with van der Waals surface area (Å²) < 4.78 is 11.0. The van der Waals surface area contributed by atoms with Gasteiger partial charge in [0.1, 0.15) is 0 Å². The molecule has 0 radical (unpaired) electrons. The predicted octanol–water partition coefficient (Wildman–Crippen LogP) is 3.64. The van der Waals surface area contributed by atoms with E-state index in [9.17, 15) is 4.79 Å². The van der Waals surface area contributed by atoms with Gasteiger partial charge in [-0.15, -0.1) is 0 Å². The molecule has 0 saturated heterocycles. The lowest BCUT2D eigenvalue weighted by atomic mass is 10.1. The van der Waals surface area contributed by atoms with Crippen LogP contribution in [0.4, 0.5) is 0 Å². The number of hydrogen-bond donors (Lipinski definition) is 0. The number of nitrogens with zero attached hydrogens (tertiary/aromatic N) is 2. The molecule has 1 amide bonds. The highest BCUT2D eigenvalue weighted by Crippen LogP contribution is 2.28. The third kappa shape index (κ3) is 5.12. The van der Waals surface area contributed by atoms with Crippen LogP contribution in [0.25, 0.3) is 6.08 Å². The van der Waals surface area contributed by atoms with Crippen molar-refractivity contribution in [2.24, 2.45) is 0 Å². The van der Waals surface area contributed by atoms with Crippen LogP contribution < -0.4 is 9.47 Å². The Balaban J connectivity index is 1.98. The number of nitriles is 1. The van der Waals surface area contributed by atoms with Crippen LogP contribution in [-0.2, 0) is 11.3 Å². The van der Waals surface area contributed by atoms with E-state index in [0.717, 1.165) is 11.1 Å². The highest BCUT2D eigenvalue weighted by Gasteiger charge is 2.12. The summed E-state index contributed by atoms with van der Waals surface area (Å²) in [5, 5.41) is 8.95. The lowest BCUT2D eigenvalue weighted by Crippen LogP contribution is -2.31. The summed E-state index contributed by atoms with van der Waals surface area (Å²) in [5.41, 5.74) is 2.47. The zero-order valence-corrected chi connectivity index (χ0v) is 15.2. The van der Waals surface area contributed by atoms with Crippen molar-refractivity contribution < 1.29 is 14.3 Å². The van der Waals surface area contributed by atoms with E-state index in [1.54, 1.807) is 43.3 Å². The number of methoxy groups -OCH3 is 1. The minimum atomic E-state index is -0.160. The van der Waals surface area contributed by atoms with Crippen LogP contribution in [0.5, 0.6) is 11.5 Å². The van der Waals surface area contributed by atoms with E-state index in [-0.39, 0.29) is 12.5 Å². The zero-order valence-electron chi connectivity index (χ0n) is 15.2. The molecule has 0 unspecified atom stereocenters. The molecule has 0 atom stereocenters. The van der Waals surface area contributed by atoms with Crippen molar-refractivity contribution >= 4 is 12.0 Å². The Morgan fingerprint density at radius 2 is 2.04 bits per heavy atom. The summed E-state index contributed by atoms with van der Waals surface area (Å²) in [7, 11) is 3.27. The van der Waals surface area contributed by atoms with E-state index < -0.39 is 0 Å². The molecule has 5 nitrogen and oxygen atoms in total. The van der Waals surface area contributed by atoms with Crippen LogP contribution in [0.3, 0.4) is 0 Å². The van der Waals surface area contributed by atoms with Gasteiger partial charge >= 0.3 is 0 Å². The van der Waals surface area contributed by atoms with Gasteiger partial charge in [0.25, 0.3) is 5.91 Å². The van der Waals surface area contributed by atoms with Gasteiger partial charge in [-0.25, -0.2) is 0 Å². The fraction of sp³-hybridized carbons (Fsp3) is 0.238. The van der Waals surface area contributed by atoms with Crippen molar-refractivity contribution in [1.29, 1.82) is 5.26 Å². The van der Waals surface area contributed by atoms with Crippen LogP contribution >= 0.6 is 0 Å². The predicted molar refractivity (Wildman–Crippen MR) is 101 cm³/mol. The highest BCUT2D eigenvalue weighted by molar-refractivity contribution is 5.77. The molecule has 5 heteroatoms. The molecule has 2 aromatic rings. The molecule has 26 heavy (non-hydrogen) atoms. The Kier molecular flexibility index (Phi) is 6.81. The van der Waals surface area contributed by atoms with E-state index in [1.165, 1.54) is 0 Å². The highest BCUT2D eigenvalue weighted by atomic mass is 16.5. The van der Waals surface area contributed by atoms with Crippen LogP contribution in [-0.4, -0.2) is 31.6 Å². The van der Waals surface area contributed by atoms with Gasteiger partial charge in [-0.05, 0) is 42.3 Å². The molecule has 0 spiro atoms. The third-order valence-corrected chi connectivity index (χ3v) is 3.80. The van der Waals surface area contributed by atoms with Gasteiger partial charge in [-0.2, -0.15) is 5.26 Å². The minimum Gasteiger partial charge on any atom is -0.493 e. The molecule has 0 fully saturated rings. The molecule has 0 aliphatic rings. The van der Waals surface area contributed by atoms with Gasteiger partial charge in [-0.1, -0.05) is 30.4 Å². The topological polar surface area (TPSA) is 62.6 Å². The number of rotatable bonds is 7. The zero-order chi connectivity index (χ0) is 18.9. The summed E-state index contributed by atoms with van der Waals surface area (Å²) in [6, 6.07) is 14.8. The molecule has 0 bridgehead atoms. The van der Waals surface area contributed by atoms with Crippen molar-refractivity contribution in [2.75, 3.05) is 20.8 Å². The largest absolute Gasteiger partial charge is 0.493 e. The Hall–Kier alpha value is -3.26. The van der Waals surface area contributed by atoms with Crippen molar-refractivity contribution in [3.63, 3.8) is 0 Å². The van der Waals surface area contributed by atoms with Crippen LogP contribution in [0.1, 0.15) is 23.6 Å². The Bertz CT molecular complexity index is 837. The quantitative estimate of drug-likeness (QED) is 0.765. The van der Waals surface area contributed by atoms with Crippen molar-refractivity contribution in [2.45, 2.75) is 13.5 Å².